The Labute approximate surface area is 125 Å². The quantitative estimate of drug-likeness (QED) is 0.934. The van der Waals surface area contributed by atoms with Crippen molar-refractivity contribution in [2.75, 3.05) is 18.0 Å². The van der Waals surface area contributed by atoms with Crippen LogP contribution >= 0.6 is 0 Å². The number of ketones is 1. The van der Waals surface area contributed by atoms with Crippen LogP contribution in [0.25, 0.3) is 10.8 Å². The Hall–Kier alpha value is -1.87. The molecule has 3 rings (SSSR count). The lowest BCUT2D eigenvalue weighted by atomic mass is 10.0. The second-order valence-electron chi connectivity index (χ2n) is 5.91. The minimum absolute atomic E-state index is 0.00646. The zero-order valence-electron chi connectivity index (χ0n) is 12.4. The molecule has 0 saturated carbocycles. The van der Waals surface area contributed by atoms with Gasteiger partial charge in [0.15, 0.2) is 0 Å². The Balaban J connectivity index is 1.88. The zero-order chi connectivity index (χ0) is 14.8. The molecule has 0 aromatic heterocycles. The smallest absolute Gasteiger partial charge is 0.132 e. The van der Waals surface area contributed by atoms with Crippen molar-refractivity contribution in [3.63, 3.8) is 0 Å². The molecule has 3 nitrogen and oxygen atoms in total. The number of benzene rings is 2. The maximum Gasteiger partial charge on any atom is 0.132 e. The lowest BCUT2D eigenvalue weighted by Gasteiger charge is -2.18. The Bertz CT molecular complexity index is 659. The average molecular weight is 283 g/mol. The molecule has 0 bridgehead atoms. The van der Waals surface area contributed by atoms with Crippen LogP contribution in [0.1, 0.15) is 37.9 Å². The van der Waals surface area contributed by atoms with Gasteiger partial charge in [0, 0.05) is 25.2 Å². The lowest BCUT2D eigenvalue weighted by Crippen LogP contribution is -2.17. The van der Waals surface area contributed by atoms with Crippen LogP contribution < -0.4 is 4.90 Å². The molecule has 1 fully saturated rings. The van der Waals surface area contributed by atoms with Gasteiger partial charge in [0.25, 0.3) is 0 Å². The second kappa shape index (κ2) is 5.86. The lowest BCUT2D eigenvalue weighted by molar-refractivity contribution is -0.118. The summed E-state index contributed by atoms with van der Waals surface area (Å²) >= 11 is 0. The highest BCUT2D eigenvalue weighted by Gasteiger charge is 2.14. The summed E-state index contributed by atoms with van der Waals surface area (Å²) < 4.78 is 0. The summed E-state index contributed by atoms with van der Waals surface area (Å²) in [6.45, 7) is 3.79. The molecule has 0 radical (unpaired) electrons. The van der Waals surface area contributed by atoms with Crippen LogP contribution in [0, 0.1) is 0 Å². The van der Waals surface area contributed by atoms with E-state index in [-0.39, 0.29) is 12.2 Å². The van der Waals surface area contributed by atoms with E-state index in [1.54, 1.807) is 0 Å². The van der Waals surface area contributed by atoms with E-state index in [0.717, 1.165) is 24.0 Å². The number of aliphatic hydroxyl groups is 1. The van der Waals surface area contributed by atoms with E-state index >= 15 is 0 Å². The summed E-state index contributed by atoms with van der Waals surface area (Å²) in [6.07, 6.45) is 2.02. The highest BCUT2D eigenvalue weighted by Crippen LogP contribution is 2.28. The Morgan fingerprint density at radius 1 is 1.14 bits per heavy atom. The molecule has 1 aliphatic rings. The molecule has 2 aromatic carbocycles. The fourth-order valence-electron chi connectivity index (χ4n) is 3.02. The first kappa shape index (κ1) is 14.1. The monoisotopic (exact) mass is 283 g/mol. The first-order valence-electron chi connectivity index (χ1n) is 7.59. The van der Waals surface area contributed by atoms with Crippen LogP contribution in [-0.4, -0.2) is 24.0 Å². The molecule has 1 aliphatic heterocycles. The molecule has 0 spiro atoms. The molecule has 0 amide bonds. The summed E-state index contributed by atoms with van der Waals surface area (Å²) in [7, 11) is 0. The van der Waals surface area contributed by atoms with E-state index in [4.69, 9.17) is 0 Å². The van der Waals surface area contributed by atoms with Crippen LogP contribution in [0.2, 0.25) is 0 Å². The molecular weight excluding hydrogens is 262 g/mol. The summed E-state index contributed by atoms with van der Waals surface area (Å²) in [5, 5.41) is 12.3. The van der Waals surface area contributed by atoms with E-state index < -0.39 is 6.10 Å². The summed E-state index contributed by atoms with van der Waals surface area (Å²) in [4.78, 5) is 13.5. The van der Waals surface area contributed by atoms with Gasteiger partial charge in [-0.05, 0) is 54.3 Å². The Morgan fingerprint density at radius 2 is 1.81 bits per heavy atom. The van der Waals surface area contributed by atoms with Crippen molar-refractivity contribution >= 4 is 22.2 Å². The second-order valence-corrected chi connectivity index (χ2v) is 5.91. The predicted octanol–water partition coefficient (Wildman–Crippen LogP) is 3.45. The van der Waals surface area contributed by atoms with E-state index in [1.165, 1.54) is 30.8 Å². The largest absolute Gasteiger partial charge is 0.388 e. The number of nitrogens with zero attached hydrogens (tertiary/aromatic N) is 1. The van der Waals surface area contributed by atoms with Gasteiger partial charge in [-0.1, -0.05) is 18.2 Å². The first-order chi connectivity index (χ1) is 10.1. The van der Waals surface area contributed by atoms with Crippen LogP contribution in [0.4, 0.5) is 5.69 Å². The van der Waals surface area contributed by atoms with Crippen molar-refractivity contribution in [2.45, 2.75) is 32.3 Å². The van der Waals surface area contributed by atoms with Crippen molar-refractivity contribution < 1.29 is 9.90 Å². The maximum absolute atomic E-state index is 11.1. The summed E-state index contributed by atoms with van der Waals surface area (Å²) in [5.74, 6) is 0.00646. The predicted molar refractivity (Wildman–Crippen MR) is 85.7 cm³/mol. The molecule has 110 valence electrons. The van der Waals surface area contributed by atoms with Gasteiger partial charge in [0.1, 0.15) is 5.78 Å². The molecule has 1 N–H and O–H groups in total. The van der Waals surface area contributed by atoms with Crippen LogP contribution in [-0.2, 0) is 4.79 Å². The van der Waals surface area contributed by atoms with Gasteiger partial charge < -0.3 is 10.0 Å². The third-order valence-electron chi connectivity index (χ3n) is 4.18. The van der Waals surface area contributed by atoms with Gasteiger partial charge >= 0.3 is 0 Å². The van der Waals surface area contributed by atoms with Gasteiger partial charge in [0.05, 0.1) is 6.10 Å². The van der Waals surface area contributed by atoms with E-state index in [1.807, 2.05) is 18.2 Å². The number of hydrogen-bond acceptors (Lipinski definition) is 3. The van der Waals surface area contributed by atoms with Crippen LogP contribution in [0.3, 0.4) is 0 Å². The third kappa shape index (κ3) is 3.08. The highest BCUT2D eigenvalue weighted by molar-refractivity contribution is 5.87. The average Bonchev–Trinajstić information content (AvgIpc) is 2.99. The van der Waals surface area contributed by atoms with Crippen LogP contribution in [0.15, 0.2) is 36.4 Å². The van der Waals surface area contributed by atoms with Gasteiger partial charge in [-0.2, -0.15) is 0 Å². The third-order valence-corrected chi connectivity index (χ3v) is 4.18. The zero-order valence-corrected chi connectivity index (χ0v) is 12.4. The maximum atomic E-state index is 11.1. The van der Waals surface area contributed by atoms with E-state index in [2.05, 4.69) is 23.1 Å². The standard InChI is InChI=1S/C18H21NO2/c1-13(20)10-18(21)16-5-4-15-12-17(7-6-14(15)11-16)19-8-2-3-9-19/h4-7,11-12,18,21H,2-3,8-10H2,1H3. The normalized spacial score (nSPS) is 16.4. The number of fused-ring (bicyclic) bond motifs is 1. The molecule has 1 saturated heterocycles. The summed E-state index contributed by atoms with van der Waals surface area (Å²) in [5.41, 5.74) is 2.09. The van der Waals surface area contributed by atoms with Crippen molar-refractivity contribution in [2.24, 2.45) is 0 Å². The highest BCUT2D eigenvalue weighted by atomic mass is 16.3. The molecule has 0 aliphatic carbocycles. The van der Waals surface area contributed by atoms with Crippen molar-refractivity contribution in [3.05, 3.63) is 42.0 Å². The minimum Gasteiger partial charge on any atom is -0.388 e. The molecule has 1 heterocycles. The number of anilines is 1. The number of aliphatic hydroxyl groups excluding tert-OH is 1. The van der Waals surface area contributed by atoms with Crippen molar-refractivity contribution in [1.29, 1.82) is 0 Å². The number of hydrogen-bond donors (Lipinski definition) is 1. The van der Waals surface area contributed by atoms with Crippen LogP contribution in [0.5, 0.6) is 0 Å². The van der Waals surface area contributed by atoms with Gasteiger partial charge in [0.2, 0.25) is 0 Å². The number of rotatable bonds is 4. The Kier molecular flexibility index (Phi) is 3.93. The van der Waals surface area contributed by atoms with E-state index in [0.29, 0.717) is 0 Å². The fraction of sp³-hybridized carbons (Fsp3) is 0.389. The molecular formula is C18H21NO2. The molecule has 1 unspecified atom stereocenters. The number of carbonyl (C=O) groups excluding carboxylic acids is 1. The minimum atomic E-state index is -0.704. The Morgan fingerprint density at radius 3 is 2.52 bits per heavy atom. The number of Topliss-reactive ketones (excluding diaryl/α,β-unsaturated/α-hetero) is 1. The topological polar surface area (TPSA) is 40.5 Å². The summed E-state index contributed by atoms with van der Waals surface area (Å²) in [6, 6.07) is 12.4. The molecule has 3 heteroatoms. The van der Waals surface area contributed by atoms with Crippen molar-refractivity contribution in [1.82, 2.24) is 0 Å². The molecule has 2 aromatic rings. The molecule has 1 atom stereocenters. The SMILES string of the molecule is CC(=O)CC(O)c1ccc2cc(N3CCCC3)ccc2c1. The van der Waals surface area contributed by atoms with Gasteiger partial charge in [-0.25, -0.2) is 0 Å². The van der Waals surface area contributed by atoms with Gasteiger partial charge in [-0.3, -0.25) is 4.79 Å². The number of carbonyl (C=O) groups is 1. The first-order valence-corrected chi connectivity index (χ1v) is 7.59. The van der Waals surface area contributed by atoms with Gasteiger partial charge in [-0.15, -0.1) is 0 Å². The fourth-order valence-corrected chi connectivity index (χ4v) is 3.02. The van der Waals surface area contributed by atoms with Crippen molar-refractivity contribution in [3.8, 4) is 0 Å². The molecule has 21 heavy (non-hydrogen) atoms. The van der Waals surface area contributed by atoms with E-state index in [9.17, 15) is 9.90 Å².